The van der Waals surface area contributed by atoms with Crippen molar-refractivity contribution in [1.82, 2.24) is 0 Å². The lowest BCUT2D eigenvalue weighted by atomic mass is 9.70. The molecule has 76 valence electrons. The summed E-state index contributed by atoms with van der Waals surface area (Å²) >= 11 is 0. The van der Waals surface area contributed by atoms with Crippen LogP contribution >= 0.6 is 0 Å². The van der Waals surface area contributed by atoms with E-state index < -0.39 is 0 Å². The van der Waals surface area contributed by atoms with Gasteiger partial charge in [-0.3, -0.25) is 0 Å². The van der Waals surface area contributed by atoms with Gasteiger partial charge < -0.3 is 4.74 Å². The molecule has 0 radical (unpaired) electrons. The fraction of sp³-hybridized carbons (Fsp3) is 1.00. The molecule has 3 atom stereocenters. The van der Waals surface area contributed by atoms with E-state index in [1.807, 2.05) is 0 Å². The summed E-state index contributed by atoms with van der Waals surface area (Å²) in [6, 6.07) is 0. The smallest absolute Gasteiger partial charge is 0.0636 e. The van der Waals surface area contributed by atoms with Crippen molar-refractivity contribution in [2.75, 3.05) is 6.61 Å². The van der Waals surface area contributed by atoms with E-state index in [1.165, 1.54) is 19.3 Å². The predicted octanol–water partition coefficient (Wildman–Crippen LogP) is 3.24. The maximum Gasteiger partial charge on any atom is 0.0636 e. The molecule has 2 fully saturated rings. The zero-order chi connectivity index (χ0) is 9.69. The Hall–Kier alpha value is -0.0400. The van der Waals surface area contributed by atoms with Crippen LogP contribution in [0.1, 0.15) is 47.0 Å². The zero-order valence-corrected chi connectivity index (χ0v) is 9.39. The Bertz CT molecular complexity index is 209. The van der Waals surface area contributed by atoms with Crippen LogP contribution in [-0.2, 0) is 4.74 Å². The Kier molecular flexibility index (Phi) is 1.99. The highest BCUT2D eigenvalue weighted by Crippen LogP contribution is 2.66. The molecule has 2 saturated carbocycles. The van der Waals surface area contributed by atoms with Crippen molar-refractivity contribution in [1.29, 1.82) is 0 Å². The molecule has 0 spiro atoms. The van der Waals surface area contributed by atoms with E-state index in [4.69, 9.17) is 4.74 Å². The summed E-state index contributed by atoms with van der Waals surface area (Å²) in [5.74, 6) is 0.911. The molecular formula is C12H22O. The van der Waals surface area contributed by atoms with Gasteiger partial charge in [0, 0.05) is 6.61 Å². The van der Waals surface area contributed by atoms with Crippen molar-refractivity contribution in [2.45, 2.75) is 53.1 Å². The molecule has 0 unspecified atom stereocenters. The fourth-order valence-electron chi connectivity index (χ4n) is 3.58. The van der Waals surface area contributed by atoms with Crippen LogP contribution in [0, 0.1) is 16.7 Å². The summed E-state index contributed by atoms with van der Waals surface area (Å²) in [5, 5.41) is 0. The number of hydrogen-bond donors (Lipinski definition) is 0. The number of fused-ring (bicyclic) bond motifs is 2. The molecule has 0 aromatic heterocycles. The lowest BCUT2D eigenvalue weighted by Gasteiger charge is -2.38. The maximum absolute atomic E-state index is 5.88. The first-order valence-corrected chi connectivity index (χ1v) is 5.64. The molecule has 0 amide bonds. The molecule has 13 heavy (non-hydrogen) atoms. The first-order chi connectivity index (χ1) is 6.02. The van der Waals surface area contributed by atoms with Crippen LogP contribution in [0.4, 0.5) is 0 Å². The second-order valence-electron chi connectivity index (χ2n) is 5.55. The van der Waals surface area contributed by atoms with Crippen LogP contribution in [0.25, 0.3) is 0 Å². The molecule has 2 rings (SSSR count). The Morgan fingerprint density at radius 3 is 2.38 bits per heavy atom. The number of hydrogen-bond acceptors (Lipinski definition) is 1. The molecule has 0 heterocycles. The van der Waals surface area contributed by atoms with E-state index in [-0.39, 0.29) is 0 Å². The van der Waals surface area contributed by atoms with Gasteiger partial charge in [-0.1, -0.05) is 20.8 Å². The minimum absolute atomic E-state index is 0.452. The topological polar surface area (TPSA) is 9.23 Å². The second-order valence-corrected chi connectivity index (χ2v) is 5.55. The normalized spacial score (nSPS) is 47.1. The predicted molar refractivity (Wildman–Crippen MR) is 54.6 cm³/mol. The third-order valence-electron chi connectivity index (χ3n) is 5.08. The molecular weight excluding hydrogens is 160 g/mol. The molecule has 1 nitrogen and oxygen atoms in total. The third kappa shape index (κ3) is 1.03. The van der Waals surface area contributed by atoms with Gasteiger partial charge in [-0.15, -0.1) is 0 Å². The van der Waals surface area contributed by atoms with E-state index in [0.717, 1.165) is 12.5 Å². The molecule has 0 aliphatic heterocycles. The quantitative estimate of drug-likeness (QED) is 0.637. The van der Waals surface area contributed by atoms with E-state index in [9.17, 15) is 0 Å². The Balaban J connectivity index is 2.22. The summed E-state index contributed by atoms with van der Waals surface area (Å²) in [7, 11) is 0. The van der Waals surface area contributed by atoms with E-state index in [2.05, 4.69) is 27.7 Å². The van der Waals surface area contributed by atoms with Gasteiger partial charge in [0.2, 0.25) is 0 Å². The van der Waals surface area contributed by atoms with Gasteiger partial charge in [-0.05, 0) is 42.9 Å². The first kappa shape index (κ1) is 9.51. The van der Waals surface area contributed by atoms with Crippen LogP contribution < -0.4 is 0 Å². The zero-order valence-electron chi connectivity index (χ0n) is 9.39. The highest BCUT2D eigenvalue weighted by atomic mass is 16.5. The summed E-state index contributed by atoms with van der Waals surface area (Å²) in [5.41, 5.74) is 0.959. The van der Waals surface area contributed by atoms with Crippen LogP contribution in [0.2, 0.25) is 0 Å². The molecule has 0 aromatic carbocycles. The lowest BCUT2D eigenvalue weighted by Crippen LogP contribution is -2.37. The average Bonchev–Trinajstić information content (AvgIpc) is 2.37. The minimum atomic E-state index is 0.452. The number of rotatable bonds is 2. The lowest BCUT2D eigenvalue weighted by molar-refractivity contribution is -0.0413. The third-order valence-corrected chi connectivity index (χ3v) is 5.08. The molecule has 0 aromatic rings. The van der Waals surface area contributed by atoms with Crippen molar-refractivity contribution in [2.24, 2.45) is 16.7 Å². The second kappa shape index (κ2) is 2.73. The molecule has 1 heteroatoms. The van der Waals surface area contributed by atoms with E-state index in [1.54, 1.807) is 0 Å². The van der Waals surface area contributed by atoms with Crippen molar-refractivity contribution in [3.8, 4) is 0 Å². The molecule has 0 saturated heterocycles. The minimum Gasteiger partial charge on any atom is -0.378 e. The van der Waals surface area contributed by atoms with Gasteiger partial charge in [0.25, 0.3) is 0 Å². The highest BCUT2D eigenvalue weighted by Gasteiger charge is 2.61. The monoisotopic (exact) mass is 182 g/mol. The average molecular weight is 182 g/mol. The largest absolute Gasteiger partial charge is 0.378 e. The van der Waals surface area contributed by atoms with Gasteiger partial charge in [-0.2, -0.15) is 0 Å². The van der Waals surface area contributed by atoms with E-state index in [0.29, 0.717) is 16.9 Å². The van der Waals surface area contributed by atoms with Crippen molar-refractivity contribution in [3.63, 3.8) is 0 Å². The van der Waals surface area contributed by atoms with Gasteiger partial charge in [-0.25, -0.2) is 0 Å². The summed E-state index contributed by atoms with van der Waals surface area (Å²) < 4.78 is 5.88. The van der Waals surface area contributed by atoms with Crippen molar-refractivity contribution < 1.29 is 4.74 Å². The van der Waals surface area contributed by atoms with Crippen LogP contribution in [-0.4, -0.2) is 12.7 Å². The Morgan fingerprint density at radius 1 is 1.31 bits per heavy atom. The Labute approximate surface area is 81.9 Å². The molecule has 2 aliphatic carbocycles. The summed E-state index contributed by atoms with van der Waals surface area (Å²) in [4.78, 5) is 0. The van der Waals surface area contributed by atoms with Gasteiger partial charge in [0.1, 0.15) is 0 Å². The fourth-order valence-corrected chi connectivity index (χ4v) is 3.58. The van der Waals surface area contributed by atoms with Crippen LogP contribution in [0.3, 0.4) is 0 Å². The van der Waals surface area contributed by atoms with Crippen LogP contribution in [0.15, 0.2) is 0 Å². The summed E-state index contributed by atoms with van der Waals surface area (Å²) in [6.07, 6.45) is 4.63. The van der Waals surface area contributed by atoms with Crippen LogP contribution in [0.5, 0.6) is 0 Å². The molecule has 0 N–H and O–H groups in total. The summed E-state index contributed by atoms with van der Waals surface area (Å²) in [6.45, 7) is 10.3. The van der Waals surface area contributed by atoms with E-state index >= 15 is 0 Å². The maximum atomic E-state index is 5.88. The molecule has 2 bridgehead atoms. The Morgan fingerprint density at radius 2 is 2.00 bits per heavy atom. The first-order valence-electron chi connectivity index (χ1n) is 5.64. The SMILES string of the molecule is CCO[C@H]1C[C@H]2CC[C@]1(C)C2(C)C. The van der Waals surface area contributed by atoms with Gasteiger partial charge in [0.15, 0.2) is 0 Å². The molecule has 2 aliphatic rings. The van der Waals surface area contributed by atoms with Crippen molar-refractivity contribution in [3.05, 3.63) is 0 Å². The van der Waals surface area contributed by atoms with Gasteiger partial charge in [0.05, 0.1) is 6.10 Å². The number of ether oxygens (including phenoxy) is 1. The van der Waals surface area contributed by atoms with Crippen molar-refractivity contribution >= 4 is 0 Å². The standard InChI is InChI=1S/C12H22O/c1-5-13-10-8-9-6-7-12(10,4)11(9,2)3/h9-10H,5-8H2,1-4H3/t9-,10+,12+/m1/s1. The highest BCUT2D eigenvalue weighted by molar-refractivity contribution is 5.11. The van der Waals surface area contributed by atoms with Gasteiger partial charge >= 0.3 is 0 Å².